The fourth-order valence-electron chi connectivity index (χ4n) is 3.40. The van der Waals surface area contributed by atoms with Gasteiger partial charge in [0.15, 0.2) is 0 Å². The van der Waals surface area contributed by atoms with E-state index in [1.54, 1.807) is 16.8 Å². The fourth-order valence-corrected chi connectivity index (χ4v) is 3.40. The zero-order chi connectivity index (χ0) is 14.8. The van der Waals surface area contributed by atoms with E-state index in [-0.39, 0.29) is 29.7 Å². The van der Waals surface area contributed by atoms with Crippen molar-refractivity contribution in [1.82, 2.24) is 15.1 Å². The molecule has 2 amide bonds. The highest BCUT2D eigenvalue weighted by molar-refractivity contribution is 5.87. The highest BCUT2D eigenvalue weighted by Gasteiger charge is 2.58. The average Bonchev–Trinajstić information content (AvgIpc) is 3.13. The van der Waals surface area contributed by atoms with Gasteiger partial charge in [-0.3, -0.25) is 9.59 Å². The molecular formula is C15H27N3O2. The second-order valence-corrected chi connectivity index (χ2v) is 6.13. The summed E-state index contributed by atoms with van der Waals surface area (Å²) in [5, 5.41) is 3.35. The van der Waals surface area contributed by atoms with E-state index in [1.807, 2.05) is 13.8 Å². The van der Waals surface area contributed by atoms with E-state index in [1.165, 1.54) is 0 Å². The topological polar surface area (TPSA) is 52.7 Å². The van der Waals surface area contributed by atoms with Crippen molar-refractivity contribution in [3.05, 3.63) is 0 Å². The summed E-state index contributed by atoms with van der Waals surface area (Å²) in [5.74, 6) is 0.359. The van der Waals surface area contributed by atoms with Gasteiger partial charge in [0, 0.05) is 26.1 Å². The summed E-state index contributed by atoms with van der Waals surface area (Å²) in [6, 6.07) is 0. The van der Waals surface area contributed by atoms with E-state index in [0.717, 1.165) is 32.4 Å². The minimum Gasteiger partial charge on any atom is -0.342 e. The quantitative estimate of drug-likeness (QED) is 0.807. The van der Waals surface area contributed by atoms with Gasteiger partial charge in [-0.2, -0.15) is 0 Å². The Balaban J connectivity index is 1.85. The largest absolute Gasteiger partial charge is 0.342 e. The summed E-state index contributed by atoms with van der Waals surface area (Å²) in [7, 11) is 1.76. The minimum atomic E-state index is 0.0471. The molecule has 5 heteroatoms. The van der Waals surface area contributed by atoms with Crippen molar-refractivity contribution in [2.75, 3.05) is 39.8 Å². The van der Waals surface area contributed by atoms with E-state index in [4.69, 9.17) is 0 Å². The lowest BCUT2D eigenvalue weighted by Crippen LogP contribution is -2.42. The molecule has 0 aromatic rings. The van der Waals surface area contributed by atoms with E-state index < -0.39 is 0 Å². The summed E-state index contributed by atoms with van der Waals surface area (Å²) in [5.41, 5.74) is 0.245. The molecule has 1 unspecified atom stereocenters. The molecule has 2 rings (SSSR count). The van der Waals surface area contributed by atoms with Crippen LogP contribution >= 0.6 is 0 Å². The predicted molar refractivity (Wildman–Crippen MR) is 78.2 cm³/mol. The first kappa shape index (κ1) is 15.3. The number of likely N-dealkylation sites (N-methyl/N-ethyl adjacent to an activating group) is 2. The molecule has 1 N–H and O–H groups in total. The zero-order valence-corrected chi connectivity index (χ0v) is 12.9. The van der Waals surface area contributed by atoms with Crippen LogP contribution in [0.1, 0.15) is 33.1 Å². The number of hydrogen-bond donors (Lipinski definition) is 1. The molecule has 0 aromatic carbocycles. The van der Waals surface area contributed by atoms with Crippen LogP contribution < -0.4 is 5.32 Å². The van der Waals surface area contributed by atoms with Gasteiger partial charge in [0.25, 0.3) is 0 Å². The smallest absolute Gasteiger partial charge is 0.242 e. The van der Waals surface area contributed by atoms with Crippen LogP contribution in [0.2, 0.25) is 0 Å². The molecule has 2 fully saturated rings. The molecule has 1 atom stereocenters. The van der Waals surface area contributed by atoms with Gasteiger partial charge >= 0.3 is 0 Å². The first-order valence-electron chi connectivity index (χ1n) is 7.77. The molecule has 1 aliphatic carbocycles. The lowest BCUT2D eigenvalue weighted by atomic mass is 9.91. The number of nitrogens with zero attached hydrogens (tertiary/aromatic N) is 2. The van der Waals surface area contributed by atoms with Crippen molar-refractivity contribution >= 4 is 11.8 Å². The molecule has 1 heterocycles. The predicted octanol–water partition coefficient (Wildman–Crippen LogP) is 0.703. The van der Waals surface area contributed by atoms with Crippen molar-refractivity contribution in [2.45, 2.75) is 33.1 Å². The van der Waals surface area contributed by atoms with Crippen LogP contribution in [0.3, 0.4) is 0 Å². The van der Waals surface area contributed by atoms with Crippen LogP contribution in [-0.4, -0.2) is 61.4 Å². The van der Waals surface area contributed by atoms with Gasteiger partial charge in [0.05, 0.1) is 6.54 Å². The number of amides is 2. The highest BCUT2D eigenvalue weighted by atomic mass is 16.2. The fraction of sp³-hybridized carbons (Fsp3) is 0.867. The number of rotatable bonds is 5. The molecule has 20 heavy (non-hydrogen) atoms. The number of hydrogen-bond acceptors (Lipinski definition) is 3. The second kappa shape index (κ2) is 6.12. The van der Waals surface area contributed by atoms with Crippen LogP contribution in [0.5, 0.6) is 0 Å². The Morgan fingerprint density at radius 1 is 1.20 bits per heavy atom. The van der Waals surface area contributed by atoms with Crippen LogP contribution in [0.25, 0.3) is 0 Å². The summed E-state index contributed by atoms with van der Waals surface area (Å²) in [6.45, 7) is 7.60. The maximum absolute atomic E-state index is 12.4. The molecule has 1 saturated carbocycles. The minimum absolute atomic E-state index is 0.0471. The molecule has 1 spiro atoms. The Labute approximate surface area is 121 Å². The van der Waals surface area contributed by atoms with Crippen LogP contribution in [0.15, 0.2) is 0 Å². The van der Waals surface area contributed by atoms with E-state index in [0.29, 0.717) is 13.1 Å². The van der Waals surface area contributed by atoms with Crippen molar-refractivity contribution in [3.63, 3.8) is 0 Å². The number of piperidine rings is 1. The van der Waals surface area contributed by atoms with Crippen molar-refractivity contribution in [3.8, 4) is 0 Å². The van der Waals surface area contributed by atoms with Crippen LogP contribution in [0, 0.1) is 11.3 Å². The SMILES string of the molecule is CCN(CC)C(=O)CN(C)C(=O)C1CC12CCNCC2. The number of carbonyl (C=O) groups is 2. The molecule has 0 radical (unpaired) electrons. The molecular weight excluding hydrogens is 254 g/mol. The maximum Gasteiger partial charge on any atom is 0.242 e. The first-order valence-corrected chi connectivity index (χ1v) is 7.77. The van der Waals surface area contributed by atoms with Crippen molar-refractivity contribution in [2.24, 2.45) is 11.3 Å². The van der Waals surface area contributed by atoms with Crippen molar-refractivity contribution < 1.29 is 9.59 Å². The summed E-state index contributed by atoms with van der Waals surface area (Å²) >= 11 is 0. The third-order valence-electron chi connectivity index (χ3n) is 4.95. The Morgan fingerprint density at radius 3 is 2.35 bits per heavy atom. The van der Waals surface area contributed by atoms with Gasteiger partial charge < -0.3 is 15.1 Å². The molecule has 1 saturated heterocycles. The third kappa shape index (κ3) is 2.97. The lowest BCUT2D eigenvalue weighted by Gasteiger charge is -2.26. The first-order chi connectivity index (χ1) is 9.54. The Morgan fingerprint density at radius 2 is 1.80 bits per heavy atom. The molecule has 1 aliphatic heterocycles. The van der Waals surface area contributed by atoms with Crippen molar-refractivity contribution in [1.29, 1.82) is 0 Å². The number of carbonyl (C=O) groups excluding carboxylic acids is 2. The lowest BCUT2D eigenvalue weighted by molar-refractivity contribution is -0.140. The van der Waals surface area contributed by atoms with E-state index in [9.17, 15) is 9.59 Å². The molecule has 0 aromatic heterocycles. The third-order valence-corrected chi connectivity index (χ3v) is 4.95. The monoisotopic (exact) mass is 281 g/mol. The summed E-state index contributed by atoms with van der Waals surface area (Å²) in [6.07, 6.45) is 3.21. The van der Waals surface area contributed by atoms with Gasteiger partial charge in [-0.1, -0.05) is 0 Å². The Bertz CT molecular complexity index is 373. The molecule has 5 nitrogen and oxygen atoms in total. The highest BCUT2D eigenvalue weighted by Crippen LogP contribution is 2.59. The molecule has 114 valence electrons. The Hall–Kier alpha value is -1.10. The van der Waals surface area contributed by atoms with Gasteiger partial charge in [0.2, 0.25) is 11.8 Å². The summed E-state index contributed by atoms with van der Waals surface area (Å²) in [4.78, 5) is 27.9. The van der Waals surface area contributed by atoms with E-state index >= 15 is 0 Å². The second-order valence-electron chi connectivity index (χ2n) is 6.13. The molecule has 0 bridgehead atoms. The van der Waals surface area contributed by atoms with Gasteiger partial charge in [-0.25, -0.2) is 0 Å². The van der Waals surface area contributed by atoms with E-state index in [2.05, 4.69) is 5.32 Å². The van der Waals surface area contributed by atoms with Crippen LogP contribution in [-0.2, 0) is 9.59 Å². The normalized spacial score (nSPS) is 23.4. The average molecular weight is 281 g/mol. The standard InChI is InChI=1S/C15H27N3O2/c1-4-18(5-2)13(19)11-17(3)14(20)12-10-15(12)6-8-16-9-7-15/h12,16H,4-11H2,1-3H3. The van der Waals surface area contributed by atoms with Gasteiger partial charge in [-0.15, -0.1) is 0 Å². The number of nitrogens with one attached hydrogen (secondary N) is 1. The maximum atomic E-state index is 12.4. The van der Waals surface area contributed by atoms with Crippen LogP contribution in [0.4, 0.5) is 0 Å². The summed E-state index contributed by atoms with van der Waals surface area (Å²) < 4.78 is 0. The zero-order valence-electron chi connectivity index (χ0n) is 12.9. The van der Waals surface area contributed by atoms with Gasteiger partial charge in [0.1, 0.15) is 0 Å². The molecule has 2 aliphatic rings. The Kier molecular flexibility index (Phi) is 4.68. The van der Waals surface area contributed by atoms with Gasteiger partial charge in [-0.05, 0) is 51.6 Å².